The van der Waals surface area contributed by atoms with E-state index in [9.17, 15) is 13.2 Å². The van der Waals surface area contributed by atoms with Crippen LogP contribution in [-0.4, -0.2) is 32.1 Å². The monoisotopic (exact) mass is 423 g/mol. The second-order valence-electron chi connectivity index (χ2n) is 7.17. The van der Waals surface area contributed by atoms with Crippen LogP contribution in [0.3, 0.4) is 0 Å². The first-order valence-corrected chi connectivity index (χ1v) is 9.48. The maximum Gasteiger partial charge on any atom is 0.182 e. The maximum atomic E-state index is 13.9. The van der Waals surface area contributed by atoms with Crippen LogP contribution in [0, 0.1) is 17.5 Å². The van der Waals surface area contributed by atoms with Crippen LogP contribution in [0.1, 0.15) is 6.92 Å². The predicted octanol–water partition coefficient (Wildman–Crippen LogP) is 2.47. The number of nitrogens with one attached hydrogen (secondary N) is 2. The zero-order chi connectivity index (χ0) is 21.5. The molecule has 2 atom stereocenters. The van der Waals surface area contributed by atoms with Crippen LogP contribution in [0.25, 0.3) is 17.4 Å². The van der Waals surface area contributed by atoms with Crippen LogP contribution < -0.4 is 20.8 Å². The molecule has 0 spiro atoms. The largest absolute Gasteiger partial charge is 0.362 e. The van der Waals surface area contributed by atoms with E-state index >= 15 is 0 Å². The molecule has 5 rings (SSSR count). The van der Waals surface area contributed by atoms with Crippen molar-refractivity contribution in [3.05, 3.63) is 77.1 Å². The van der Waals surface area contributed by atoms with Gasteiger partial charge in [-0.05, 0) is 37.3 Å². The molecule has 31 heavy (non-hydrogen) atoms. The molecular weight excluding hydrogens is 407 g/mol. The van der Waals surface area contributed by atoms with E-state index < -0.39 is 23.6 Å². The highest BCUT2D eigenvalue weighted by atomic mass is 19.1. The fourth-order valence-electron chi connectivity index (χ4n) is 3.61. The van der Waals surface area contributed by atoms with Crippen LogP contribution in [0.4, 0.5) is 24.7 Å². The maximum absolute atomic E-state index is 13.9. The molecule has 0 aliphatic carbocycles. The highest BCUT2D eigenvalue weighted by Gasteiger charge is 2.27. The van der Waals surface area contributed by atoms with E-state index in [1.165, 1.54) is 36.9 Å². The van der Waals surface area contributed by atoms with Gasteiger partial charge in [-0.2, -0.15) is 0 Å². The normalized spacial score (nSPS) is 16.4. The summed E-state index contributed by atoms with van der Waals surface area (Å²) in [7, 11) is 0. The molecular formula is C21H16F3N7. The van der Waals surface area contributed by atoms with Crippen molar-refractivity contribution in [3.8, 4) is 0 Å². The van der Waals surface area contributed by atoms with Gasteiger partial charge < -0.3 is 15.2 Å². The van der Waals surface area contributed by atoms with Crippen molar-refractivity contribution in [1.82, 2.24) is 19.9 Å². The summed E-state index contributed by atoms with van der Waals surface area (Å²) in [5.74, 6) is -1.35. The van der Waals surface area contributed by atoms with Gasteiger partial charge in [-0.3, -0.25) is 4.99 Å². The molecule has 0 amide bonds. The number of anilines is 2. The van der Waals surface area contributed by atoms with E-state index in [1.54, 1.807) is 17.2 Å². The number of hydrogen-bond acceptors (Lipinski definition) is 6. The lowest BCUT2D eigenvalue weighted by molar-refractivity contribution is 0.565. The highest BCUT2D eigenvalue weighted by Crippen LogP contribution is 2.25. The SMILES string of the molecule is CC(Nc1ncnc2nc[nH]c12)C1N=c2ccc(F)cc2=CN1c1cc(F)cc(F)c1. The Morgan fingerprint density at radius 1 is 1.00 bits per heavy atom. The summed E-state index contributed by atoms with van der Waals surface area (Å²) in [6.45, 7) is 1.86. The molecule has 2 aromatic carbocycles. The molecule has 0 saturated carbocycles. The van der Waals surface area contributed by atoms with E-state index in [1.807, 2.05) is 6.92 Å². The summed E-state index contributed by atoms with van der Waals surface area (Å²) < 4.78 is 41.7. The van der Waals surface area contributed by atoms with Gasteiger partial charge in [0.15, 0.2) is 11.5 Å². The average Bonchev–Trinajstić information content (AvgIpc) is 3.22. The predicted molar refractivity (Wildman–Crippen MR) is 109 cm³/mol. The minimum absolute atomic E-state index is 0.254. The van der Waals surface area contributed by atoms with Gasteiger partial charge >= 0.3 is 0 Å². The molecule has 10 heteroatoms. The van der Waals surface area contributed by atoms with E-state index in [0.29, 0.717) is 27.6 Å². The second kappa shape index (κ2) is 7.38. The Labute approximate surface area is 174 Å². The fraction of sp³-hybridized carbons (Fsp3) is 0.143. The summed E-state index contributed by atoms with van der Waals surface area (Å²) in [4.78, 5) is 21.8. The number of hydrogen-bond donors (Lipinski definition) is 2. The molecule has 2 N–H and O–H groups in total. The molecule has 7 nitrogen and oxygen atoms in total. The first-order chi connectivity index (χ1) is 15.0. The van der Waals surface area contributed by atoms with Crippen molar-refractivity contribution >= 4 is 28.9 Å². The highest BCUT2D eigenvalue weighted by molar-refractivity contribution is 5.82. The quantitative estimate of drug-likeness (QED) is 0.527. The van der Waals surface area contributed by atoms with Crippen LogP contribution in [-0.2, 0) is 0 Å². The van der Waals surface area contributed by atoms with Crippen molar-refractivity contribution in [2.24, 2.45) is 4.99 Å². The van der Waals surface area contributed by atoms with Gasteiger partial charge in [-0.25, -0.2) is 28.1 Å². The Morgan fingerprint density at radius 3 is 2.61 bits per heavy atom. The number of nitrogens with zero attached hydrogens (tertiary/aromatic N) is 5. The van der Waals surface area contributed by atoms with Gasteiger partial charge in [-0.1, -0.05) is 0 Å². The van der Waals surface area contributed by atoms with Gasteiger partial charge in [0.25, 0.3) is 0 Å². The molecule has 0 bridgehead atoms. The van der Waals surface area contributed by atoms with Crippen LogP contribution >= 0.6 is 0 Å². The number of fused-ring (bicyclic) bond motifs is 2. The third kappa shape index (κ3) is 3.56. The third-order valence-corrected chi connectivity index (χ3v) is 5.00. The number of aromatic nitrogens is 4. The molecule has 0 fully saturated rings. The Hall–Kier alpha value is -3.95. The first kappa shape index (κ1) is 19.0. The van der Waals surface area contributed by atoms with Crippen molar-refractivity contribution < 1.29 is 13.2 Å². The lowest BCUT2D eigenvalue weighted by Crippen LogP contribution is -2.49. The number of imidazole rings is 1. The lowest BCUT2D eigenvalue weighted by Gasteiger charge is -2.34. The fourth-order valence-corrected chi connectivity index (χ4v) is 3.61. The van der Waals surface area contributed by atoms with Gasteiger partial charge in [0.2, 0.25) is 0 Å². The molecule has 4 aromatic rings. The molecule has 2 aromatic heterocycles. The Balaban J connectivity index is 1.59. The average molecular weight is 423 g/mol. The van der Waals surface area contributed by atoms with Gasteiger partial charge in [0.05, 0.1) is 17.7 Å². The van der Waals surface area contributed by atoms with Gasteiger partial charge in [-0.15, -0.1) is 0 Å². The minimum Gasteiger partial charge on any atom is -0.362 e. The Morgan fingerprint density at radius 2 is 1.81 bits per heavy atom. The Bertz CT molecular complexity index is 1380. The first-order valence-electron chi connectivity index (χ1n) is 9.48. The van der Waals surface area contributed by atoms with Crippen molar-refractivity contribution in [2.45, 2.75) is 19.1 Å². The van der Waals surface area contributed by atoms with E-state index in [2.05, 4.69) is 25.3 Å². The molecule has 0 radical (unpaired) electrons. The zero-order valence-corrected chi connectivity index (χ0v) is 16.2. The summed E-state index contributed by atoms with van der Waals surface area (Å²) in [5, 5.41) is 4.35. The summed E-state index contributed by atoms with van der Waals surface area (Å²) in [6.07, 6.45) is 3.93. The minimum atomic E-state index is -0.720. The summed E-state index contributed by atoms with van der Waals surface area (Å²) in [5.41, 5.74) is 1.38. The van der Waals surface area contributed by atoms with Gasteiger partial charge in [0, 0.05) is 23.2 Å². The Kier molecular flexibility index (Phi) is 4.54. The van der Waals surface area contributed by atoms with Crippen molar-refractivity contribution in [2.75, 3.05) is 10.2 Å². The standard InChI is InChI=1S/C21H16F3N7/c1-11(29-20-18-19(26-9-25-18)27-10-28-20)21-30-17-3-2-13(22)4-12(17)8-31(21)16-6-14(23)5-15(24)7-16/h2-11,21H,1H3,(H2,25,26,27,28,29). The van der Waals surface area contributed by atoms with E-state index in [0.717, 1.165) is 6.07 Å². The van der Waals surface area contributed by atoms with E-state index in [4.69, 9.17) is 4.99 Å². The number of benzene rings is 2. The molecule has 2 unspecified atom stereocenters. The van der Waals surface area contributed by atoms with Gasteiger partial charge in [0.1, 0.15) is 35.5 Å². The summed E-state index contributed by atoms with van der Waals surface area (Å²) >= 11 is 0. The van der Waals surface area contributed by atoms with E-state index in [-0.39, 0.29) is 11.7 Å². The topological polar surface area (TPSA) is 82.1 Å². The third-order valence-electron chi connectivity index (χ3n) is 5.00. The molecule has 1 aliphatic rings. The lowest BCUT2D eigenvalue weighted by atomic mass is 10.1. The number of rotatable bonds is 4. The molecule has 3 heterocycles. The van der Waals surface area contributed by atoms with Crippen LogP contribution in [0.5, 0.6) is 0 Å². The molecule has 1 aliphatic heterocycles. The van der Waals surface area contributed by atoms with Crippen molar-refractivity contribution in [3.63, 3.8) is 0 Å². The van der Waals surface area contributed by atoms with Crippen molar-refractivity contribution in [1.29, 1.82) is 0 Å². The zero-order valence-electron chi connectivity index (χ0n) is 16.2. The second-order valence-corrected chi connectivity index (χ2v) is 7.17. The molecule has 0 saturated heterocycles. The van der Waals surface area contributed by atoms with Crippen LogP contribution in [0.15, 0.2) is 54.0 Å². The number of aromatic amines is 1. The van der Waals surface area contributed by atoms with Crippen LogP contribution in [0.2, 0.25) is 0 Å². The number of halogens is 3. The summed E-state index contributed by atoms with van der Waals surface area (Å²) in [6, 6.07) is 7.05. The molecule has 156 valence electrons. The number of H-pyrrole nitrogens is 1. The smallest absolute Gasteiger partial charge is 0.182 e.